The van der Waals surface area contributed by atoms with E-state index >= 15 is 0 Å². The standard InChI is InChI=1S/C16H16N2O3S2/c1-2-13-6-8-16(22-13)23(19,20)18-11-12-5-7-14(17-10-12)15-4-3-9-21-15/h3-10,18H,2,11H2,1H3. The Morgan fingerprint density at radius 1 is 1.22 bits per heavy atom. The van der Waals surface area contributed by atoms with E-state index in [0.29, 0.717) is 15.7 Å². The molecule has 0 aliphatic heterocycles. The number of pyridine rings is 1. The lowest BCUT2D eigenvalue weighted by Gasteiger charge is -2.05. The van der Waals surface area contributed by atoms with E-state index in [1.165, 1.54) is 11.3 Å². The summed E-state index contributed by atoms with van der Waals surface area (Å²) in [7, 11) is -3.48. The summed E-state index contributed by atoms with van der Waals surface area (Å²) in [5.74, 6) is 0.683. The molecule has 23 heavy (non-hydrogen) atoms. The maximum absolute atomic E-state index is 12.3. The van der Waals surface area contributed by atoms with E-state index in [1.54, 1.807) is 24.6 Å². The maximum atomic E-state index is 12.3. The lowest BCUT2D eigenvalue weighted by Crippen LogP contribution is -2.22. The molecule has 0 aliphatic carbocycles. The average molecular weight is 348 g/mol. The zero-order valence-electron chi connectivity index (χ0n) is 12.5. The van der Waals surface area contributed by atoms with Crippen LogP contribution in [0.25, 0.3) is 11.5 Å². The van der Waals surface area contributed by atoms with E-state index in [4.69, 9.17) is 4.42 Å². The molecule has 0 radical (unpaired) electrons. The molecule has 3 heterocycles. The first-order valence-corrected chi connectivity index (χ1v) is 9.45. The molecule has 7 heteroatoms. The van der Waals surface area contributed by atoms with Crippen LogP contribution in [0.3, 0.4) is 0 Å². The molecule has 3 rings (SSSR count). The Morgan fingerprint density at radius 2 is 2.09 bits per heavy atom. The van der Waals surface area contributed by atoms with Crippen LogP contribution in [0.15, 0.2) is 57.5 Å². The zero-order valence-corrected chi connectivity index (χ0v) is 14.2. The summed E-state index contributed by atoms with van der Waals surface area (Å²) >= 11 is 1.30. The first-order valence-electron chi connectivity index (χ1n) is 7.15. The van der Waals surface area contributed by atoms with Crippen LogP contribution in [0.4, 0.5) is 0 Å². The van der Waals surface area contributed by atoms with Crippen LogP contribution in [-0.2, 0) is 23.0 Å². The lowest BCUT2D eigenvalue weighted by atomic mass is 10.2. The van der Waals surface area contributed by atoms with Gasteiger partial charge in [0, 0.05) is 17.6 Å². The lowest BCUT2D eigenvalue weighted by molar-refractivity contribution is 0.579. The van der Waals surface area contributed by atoms with Crippen molar-refractivity contribution in [3.05, 3.63) is 59.3 Å². The van der Waals surface area contributed by atoms with Crippen molar-refractivity contribution in [2.45, 2.75) is 24.1 Å². The Morgan fingerprint density at radius 3 is 2.70 bits per heavy atom. The molecule has 0 spiro atoms. The van der Waals surface area contributed by atoms with Crippen molar-refractivity contribution in [2.75, 3.05) is 0 Å². The largest absolute Gasteiger partial charge is 0.463 e. The minimum Gasteiger partial charge on any atom is -0.463 e. The molecule has 0 atom stereocenters. The number of thiophene rings is 1. The first kappa shape index (κ1) is 15.9. The topological polar surface area (TPSA) is 72.2 Å². The number of hydrogen-bond donors (Lipinski definition) is 1. The molecule has 0 saturated carbocycles. The summed E-state index contributed by atoms with van der Waals surface area (Å²) in [6.07, 6.45) is 4.06. The van der Waals surface area contributed by atoms with Crippen molar-refractivity contribution < 1.29 is 12.8 Å². The molecule has 0 aliphatic rings. The molecule has 0 aromatic carbocycles. The number of nitrogens with zero attached hydrogens (tertiary/aromatic N) is 1. The van der Waals surface area contributed by atoms with Gasteiger partial charge in [-0.05, 0) is 42.3 Å². The molecule has 0 unspecified atom stereocenters. The van der Waals surface area contributed by atoms with Gasteiger partial charge >= 0.3 is 0 Å². The number of aromatic nitrogens is 1. The second-order valence-electron chi connectivity index (χ2n) is 4.93. The Labute approximate surface area is 139 Å². The minimum atomic E-state index is -3.48. The van der Waals surface area contributed by atoms with Crippen molar-refractivity contribution in [3.8, 4) is 11.5 Å². The van der Waals surface area contributed by atoms with Crippen LogP contribution >= 0.6 is 11.3 Å². The monoisotopic (exact) mass is 348 g/mol. The van der Waals surface area contributed by atoms with Crippen molar-refractivity contribution in [1.29, 1.82) is 0 Å². The van der Waals surface area contributed by atoms with Crippen LogP contribution < -0.4 is 4.72 Å². The van der Waals surface area contributed by atoms with E-state index in [-0.39, 0.29) is 6.54 Å². The number of nitrogens with one attached hydrogen (secondary N) is 1. The first-order chi connectivity index (χ1) is 11.1. The molecule has 120 valence electrons. The number of aryl methyl sites for hydroxylation is 1. The highest BCUT2D eigenvalue weighted by Gasteiger charge is 2.16. The predicted molar refractivity (Wildman–Crippen MR) is 89.7 cm³/mol. The summed E-state index contributed by atoms with van der Waals surface area (Å²) in [4.78, 5) is 5.34. The van der Waals surface area contributed by atoms with Crippen LogP contribution in [0.1, 0.15) is 17.4 Å². The quantitative estimate of drug-likeness (QED) is 0.740. The predicted octanol–water partition coefficient (Wildman–Crippen LogP) is 3.44. The Bertz CT molecular complexity index is 866. The van der Waals surface area contributed by atoms with Gasteiger partial charge in [-0.3, -0.25) is 4.98 Å². The highest BCUT2D eigenvalue weighted by molar-refractivity contribution is 7.91. The minimum absolute atomic E-state index is 0.202. The fourth-order valence-electron chi connectivity index (χ4n) is 2.04. The molecule has 1 N–H and O–H groups in total. The molecule has 0 amide bonds. The van der Waals surface area contributed by atoms with E-state index in [9.17, 15) is 8.42 Å². The summed E-state index contributed by atoms with van der Waals surface area (Å²) < 4.78 is 32.7. The van der Waals surface area contributed by atoms with Gasteiger partial charge in [-0.25, -0.2) is 13.1 Å². The molecule has 3 aromatic rings. The number of hydrogen-bond acceptors (Lipinski definition) is 5. The molecule has 0 bridgehead atoms. The zero-order chi connectivity index (χ0) is 16.3. The molecular weight excluding hydrogens is 332 g/mol. The molecule has 5 nitrogen and oxygen atoms in total. The maximum Gasteiger partial charge on any atom is 0.250 e. The van der Waals surface area contributed by atoms with Crippen LogP contribution in [-0.4, -0.2) is 13.4 Å². The van der Waals surface area contributed by atoms with E-state index in [1.807, 2.05) is 31.2 Å². The highest BCUT2D eigenvalue weighted by Crippen LogP contribution is 2.22. The second-order valence-corrected chi connectivity index (χ2v) is 8.09. The van der Waals surface area contributed by atoms with Gasteiger partial charge in [-0.1, -0.05) is 13.0 Å². The fraction of sp³-hybridized carbons (Fsp3) is 0.188. The molecular formula is C16H16N2O3S2. The smallest absolute Gasteiger partial charge is 0.250 e. The molecule has 0 fully saturated rings. The van der Waals surface area contributed by atoms with Gasteiger partial charge in [0.15, 0.2) is 5.76 Å². The van der Waals surface area contributed by atoms with E-state index in [0.717, 1.165) is 16.9 Å². The van der Waals surface area contributed by atoms with Crippen LogP contribution in [0.2, 0.25) is 0 Å². The Balaban J connectivity index is 1.68. The number of sulfonamides is 1. The Kier molecular flexibility index (Phi) is 4.61. The Hall–Kier alpha value is -1.96. The van der Waals surface area contributed by atoms with Gasteiger partial charge in [0.2, 0.25) is 10.0 Å². The van der Waals surface area contributed by atoms with Gasteiger partial charge < -0.3 is 4.42 Å². The number of rotatable bonds is 6. The molecule has 3 aromatic heterocycles. The summed E-state index contributed by atoms with van der Waals surface area (Å²) in [5, 5.41) is 0. The third-order valence-corrected chi connectivity index (χ3v) is 6.44. The van der Waals surface area contributed by atoms with Crippen LogP contribution in [0.5, 0.6) is 0 Å². The van der Waals surface area contributed by atoms with Crippen molar-refractivity contribution in [3.63, 3.8) is 0 Å². The van der Waals surface area contributed by atoms with Gasteiger partial charge in [0.05, 0.1) is 6.26 Å². The van der Waals surface area contributed by atoms with Gasteiger partial charge in [-0.15, -0.1) is 11.3 Å². The summed E-state index contributed by atoms with van der Waals surface area (Å²) in [5.41, 5.74) is 1.50. The fourth-order valence-corrected chi connectivity index (χ4v) is 4.40. The SMILES string of the molecule is CCc1ccc(S(=O)(=O)NCc2ccc(-c3ccco3)nc2)s1. The molecule has 0 saturated heterocycles. The van der Waals surface area contributed by atoms with Crippen molar-refractivity contribution in [2.24, 2.45) is 0 Å². The van der Waals surface area contributed by atoms with Gasteiger partial charge in [0.25, 0.3) is 0 Å². The summed E-state index contributed by atoms with van der Waals surface area (Å²) in [6, 6.07) is 10.8. The third kappa shape index (κ3) is 3.69. The normalized spacial score (nSPS) is 11.7. The van der Waals surface area contributed by atoms with Crippen molar-refractivity contribution >= 4 is 21.4 Å². The van der Waals surface area contributed by atoms with E-state index < -0.39 is 10.0 Å². The number of furan rings is 1. The third-order valence-electron chi connectivity index (χ3n) is 3.31. The van der Waals surface area contributed by atoms with Crippen LogP contribution in [0, 0.1) is 0 Å². The van der Waals surface area contributed by atoms with E-state index in [2.05, 4.69) is 9.71 Å². The average Bonchev–Trinajstić information content (AvgIpc) is 3.25. The summed E-state index contributed by atoms with van der Waals surface area (Å²) in [6.45, 7) is 2.20. The second kappa shape index (κ2) is 6.66. The van der Waals surface area contributed by atoms with Gasteiger partial charge in [0.1, 0.15) is 9.90 Å². The van der Waals surface area contributed by atoms with Gasteiger partial charge in [-0.2, -0.15) is 0 Å². The van der Waals surface area contributed by atoms with Crippen molar-refractivity contribution in [1.82, 2.24) is 9.71 Å². The highest BCUT2D eigenvalue weighted by atomic mass is 32.2.